The molecule has 1 unspecified atom stereocenters. The van der Waals surface area contributed by atoms with E-state index in [4.69, 9.17) is 0 Å². The lowest BCUT2D eigenvalue weighted by Crippen LogP contribution is -2.54. The van der Waals surface area contributed by atoms with Gasteiger partial charge in [0.1, 0.15) is 11.6 Å². The minimum atomic E-state index is -0.676. The summed E-state index contributed by atoms with van der Waals surface area (Å²) in [7, 11) is 0. The molecule has 1 atom stereocenters. The van der Waals surface area contributed by atoms with Gasteiger partial charge in [-0.25, -0.2) is 8.78 Å². The topological polar surface area (TPSA) is 41.1 Å². The van der Waals surface area contributed by atoms with E-state index in [-0.39, 0.29) is 29.3 Å². The largest absolute Gasteiger partial charge is 0.352 e. The van der Waals surface area contributed by atoms with Crippen molar-refractivity contribution in [3.63, 3.8) is 0 Å². The number of hydrogen-bond acceptors (Lipinski definition) is 2. The smallest absolute Gasteiger partial charge is 0.224 e. The number of hydrogen-bond donors (Lipinski definition) is 2. The number of carbonyl (C=O) groups excluding carboxylic acids is 1. The van der Waals surface area contributed by atoms with E-state index in [2.05, 4.69) is 24.5 Å². The first kappa shape index (κ1) is 14.9. The second-order valence-corrected chi connectivity index (χ2v) is 5.99. The maximum atomic E-state index is 13.5. The molecule has 1 saturated heterocycles. The Morgan fingerprint density at radius 2 is 2.20 bits per heavy atom. The van der Waals surface area contributed by atoms with Gasteiger partial charge in [0, 0.05) is 18.7 Å². The van der Waals surface area contributed by atoms with Crippen molar-refractivity contribution < 1.29 is 13.6 Å². The SMILES string of the molecule is CC1(C)CNCCC1NC(=O)Cc1ccc(F)cc1F. The molecule has 5 heteroatoms. The van der Waals surface area contributed by atoms with Crippen LogP contribution in [0.2, 0.25) is 0 Å². The summed E-state index contributed by atoms with van der Waals surface area (Å²) >= 11 is 0. The highest BCUT2D eigenvalue weighted by atomic mass is 19.1. The lowest BCUT2D eigenvalue weighted by Gasteiger charge is -2.39. The first-order chi connectivity index (χ1) is 9.38. The van der Waals surface area contributed by atoms with Crippen LogP contribution >= 0.6 is 0 Å². The van der Waals surface area contributed by atoms with Gasteiger partial charge in [0.15, 0.2) is 0 Å². The molecular weight excluding hydrogens is 262 g/mol. The molecule has 1 aliphatic rings. The van der Waals surface area contributed by atoms with Crippen molar-refractivity contribution >= 4 is 5.91 Å². The van der Waals surface area contributed by atoms with Crippen LogP contribution in [0.1, 0.15) is 25.8 Å². The Hall–Kier alpha value is -1.49. The molecule has 1 heterocycles. The van der Waals surface area contributed by atoms with E-state index in [9.17, 15) is 13.6 Å². The standard InChI is InChI=1S/C15H20F2N2O/c1-15(2)9-18-6-5-13(15)19-14(20)7-10-3-4-11(16)8-12(10)17/h3-4,8,13,18H,5-7,9H2,1-2H3,(H,19,20). The Kier molecular flexibility index (Phi) is 4.38. The molecule has 2 rings (SSSR count). The minimum absolute atomic E-state index is 0.0325. The van der Waals surface area contributed by atoms with Crippen LogP contribution in [-0.4, -0.2) is 25.0 Å². The van der Waals surface area contributed by atoms with Crippen LogP contribution in [0.4, 0.5) is 8.78 Å². The van der Waals surface area contributed by atoms with Crippen molar-refractivity contribution in [2.24, 2.45) is 5.41 Å². The zero-order valence-corrected chi connectivity index (χ0v) is 11.8. The fourth-order valence-electron chi connectivity index (χ4n) is 2.52. The Bertz CT molecular complexity index is 503. The third kappa shape index (κ3) is 3.54. The predicted octanol–water partition coefficient (Wildman–Crippen LogP) is 2.01. The maximum absolute atomic E-state index is 13.5. The van der Waals surface area contributed by atoms with Gasteiger partial charge in [0.2, 0.25) is 5.91 Å². The highest BCUT2D eigenvalue weighted by molar-refractivity contribution is 5.79. The van der Waals surface area contributed by atoms with Gasteiger partial charge in [-0.15, -0.1) is 0 Å². The van der Waals surface area contributed by atoms with Gasteiger partial charge in [0.05, 0.1) is 6.42 Å². The third-order valence-corrected chi connectivity index (χ3v) is 3.84. The predicted molar refractivity (Wildman–Crippen MR) is 73.3 cm³/mol. The van der Waals surface area contributed by atoms with Crippen molar-refractivity contribution in [1.82, 2.24) is 10.6 Å². The van der Waals surface area contributed by atoms with E-state index in [1.165, 1.54) is 12.1 Å². The summed E-state index contributed by atoms with van der Waals surface area (Å²) in [4.78, 5) is 12.0. The molecule has 20 heavy (non-hydrogen) atoms. The summed E-state index contributed by atoms with van der Waals surface area (Å²) in [6.45, 7) is 5.87. The summed E-state index contributed by atoms with van der Waals surface area (Å²) in [6, 6.07) is 3.36. The van der Waals surface area contributed by atoms with Crippen molar-refractivity contribution in [2.45, 2.75) is 32.7 Å². The number of halogens is 2. The van der Waals surface area contributed by atoms with Crippen LogP contribution < -0.4 is 10.6 Å². The molecule has 0 radical (unpaired) electrons. The number of rotatable bonds is 3. The molecule has 1 aliphatic heterocycles. The molecule has 1 amide bonds. The Morgan fingerprint density at radius 3 is 2.85 bits per heavy atom. The van der Waals surface area contributed by atoms with Crippen molar-refractivity contribution in [2.75, 3.05) is 13.1 Å². The fourth-order valence-corrected chi connectivity index (χ4v) is 2.52. The Balaban J connectivity index is 1.98. The Labute approximate surface area is 117 Å². The van der Waals surface area contributed by atoms with Gasteiger partial charge in [0.25, 0.3) is 0 Å². The number of amides is 1. The van der Waals surface area contributed by atoms with Gasteiger partial charge < -0.3 is 10.6 Å². The van der Waals surface area contributed by atoms with Crippen LogP contribution in [0, 0.1) is 17.0 Å². The number of benzene rings is 1. The fraction of sp³-hybridized carbons (Fsp3) is 0.533. The average Bonchev–Trinajstić information content (AvgIpc) is 2.35. The first-order valence-corrected chi connectivity index (χ1v) is 6.82. The second-order valence-electron chi connectivity index (χ2n) is 5.99. The van der Waals surface area contributed by atoms with Gasteiger partial charge in [-0.05, 0) is 30.0 Å². The normalized spacial score (nSPS) is 21.5. The van der Waals surface area contributed by atoms with Crippen LogP contribution in [-0.2, 0) is 11.2 Å². The summed E-state index contributed by atoms with van der Waals surface area (Å²) in [6.07, 6.45) is 0.788. The Morgan fingerprint density at radius 1 is 1.45 bits per heavy atom. The van der Waals surface area contributed by atoms with Gasteiger partial charge in [-0.2, -0.15) is 0 Å². The molecule has 2 N–H and O–H groups in total. The first-order valence-electron chi connectivity index (χ1n) is 6.82. The van der Waals surface area contributed by atoms with E-state index in [0.717, 1.165) is 25.6 Å². The van der Waals surface area contributed by atoms with Gasteiger partial charge in [-0.3, -0.25) is 4.79 Å². The molecule has 110 valence electrons. The van der Waals surface area contributed by atoms with Crippen LogP contribution in [0.5, 0.6) is 0 Å². The number of carbonyl (C=O) groups is 1. The van der Waals surface area contributed by atoms with Gasteiger partial charge >= 0.3 is 0 Å². The molecule has 1 aromatic carbocycles. The highest BCUT2D eigenvalue weighted by Crippen LogP contribution is 2.25. The summed E-state index contributed by atoms with van der Waals surface area (Å²) in [5.41, 5.74) is 0.186. The van der Waals surface area contributed by atoms with Crippen molar-refractivity contribution in [3.05, 3.63) is 35.4 Å². The number of nitrogens with one attached hydrogen (secondary N) is 2. The molecule has 0 spiro atoms. The summed E-state index contributed by atoms with van der Waals surface area (Å²) in [5, 5.41) is 6.25. The van der Waals surface area contributed by atoms with Crippen LogP contribution in [0.15, 0.2) is 18.2 Å². The quantitative estimate of drug-likeness (QED) is 0.890. The molecule has 0 aromatic heterocycles. The van der Waals surface area contributed by atoms with E-state index in [0.29, 0.717) is 0 Å². The molecule has 1 fully saturated rings. The average molecular weight is 282 g/mol. The molecule has 1 aromatic rings. The zero-order valence-electron chi connectivity index (χ0n) is 11.8. The monoisotopic (exact) mass is 282 g/mol. The van der Waals surface area contributed by atoms with Crippen molar-refractivity contribution in [1.29, 1.82) is 0 Å². The second kappa shape index (κ2) is 5.87. The van der Waals surface area contributed by atoms with Crippen LogP contribution in [0.25, 0.3) is 0 Å². The lowest BCUT2D eigenvalue weighted by molar-refractivity contribution is -0.122. The number of piperidine rings is 1. The van der Waals surface area contributed by atoms with Crippen molar-refractivity contribution in [3.8, 4) is 0 Å². The molecular formula is C15H20F2N2O. The van der Waals surface area contributed by atoms with Crippen LogP contribution in [0.3, 0.4) is 0 Å². The maximum Gasteiger partial charge on any atom is 0.224 e. The van der Waals surface area contributed by atoms with E-state index in [1.807, 2.05) is 0 Å². The molecule has 0 bridgehead atoms. The van der Waals surface area contributed by atoms with E-state index >= 15 is 0 Å². The molecule has 0 saturated carbocycles. The zero-order chi connectivity index (χ0) is 14.8. The van der Waals surface area contributed by atoms with E-state index in [1.54, 1.807) is 0 Å². The third-order valence-electron chi connectivity index (χ3n) is 3.84. The van der Waals surface area contributed by atoms with Gasteiger partial charge in [-0.1, -0.05) is 19.9 Å². The molecule has 0 aliphatic carbocycles. The summed E-state index contributed by atoms with van der Waals surface area (Å²) < 4.78 is 26.3. The minimum Gasteiger partial charge on any atom is -0.352 e. The summed E-state index contributed by atoms with van der Waals surface area (Å²) in [5.74, 6) is -1.54. The highest BCUT2D eigenvalue weighted by Gasteiger charge is 2.33. The van der Waals surface area contributed by atoms with E-state index < -0.39 is 11.6 Å². The molecule has 3 nitrogen and oxygen atoms in total. The lowest BCUT2D eigenvalue weighted by atomic mass is 9.80.